The fourth-order valence-corrected chi connectivity index (χ4v) is 6.47. The molecule has 5 nitrogen and oxygen atoms in total. The van der Waals surface area contributed by atoms with Gasteiger partial charge in [0.25, 0.3) is 5.56 Å². The zero-order valence-electron chi connectivity index (χ0n) is 16.9. The molecule has 1 N–H and O–H groups in total. The number of fused-ring (bicyclic) bond motifs is 2. The van der Waals surface area contributed by atoms with Gasteiger partial charge in [-0.2, -0.15) is 0 Å². The van der Waals surface area contributed by atoms with Crippen molar-refractivity contribution < 1.29 is 4.39 Å². The minimum absolute atomic E-state index is 0.107. The number of hydrogen-bond acceptors (Lipinski definition) is 7. The van der Waals surface area contributed by atoms with Gasteiger partial charge < -0.3 is 4.98 Å². The Morgan fingerprint density at radius 1 is 1.10 bits per heavy atom. The number of thiophene rings is 2. The van der Waals surface area contributed by atoms with E-state index in [4.69, 9.17) is 4.98 Å². The van der Waals surface area contributed by atoms with Crippen molar-refractivity contribution in [1.82, 2.24) is 19.9 Å². The number of aromatic nitrogens is 4. The van der Waals surface area contributed by atoms with Gasteiger partial charge in [0.2, 0.25) is 0 Å². The van der Waals surface area contributed by atoms with Gasteiger partial charge in [0, 0.05) is 15.8 Å². The minimum atomic E-state index is -0.271. The molecule has 0 saturated heterocycles. The fraction of sp³-hybridized carbons (Fsp3) is 0.182. The topological polar surface area (TPSA) is 71.5 Å². The summed E-state index contributed by atoms with van der Waals surface area (Å²) in [7, 11) is 0. The molecule has 0 amide bonds. The molecule has 0 spiro atoms. The maximum Gasteiger partial charge on any atom is 0.259 e. The molecule has 5 aromatic rings. The van der Waals surface area contributed by atoms with Crippen LogP contribution in [0.15, 0.2) is 45.8 Å². The highest BCUT2D eigenvalue weighted by Gasteiger charge is 2.20. The molecule has 0 unspecified atom stereocenters. The van der Waals surface area contributed by atoms with E-state index in [-0.39, 0.29) is 16.6 Å². The van der Waals surface area contributed by atoms with Crippen LogP contribution in [-0.2, 0) is 0 Å². The summed E-state index contributed by atoms with van der Waals surface area (Å²) in [4.78, 5) is 32.0. The fourth-order valence-electron chi connectivity index (χ4n) is 3.47. The molecule has 5 rings (SSSR count). The highest BCUT2D eigenvalue weighted by molar-refractivity contribution is 7.99. The average molecular weight is 469 g/mol. The van der Waals surface area contributed by atoms with Crippen molar-refractivity contribution in [3.63, 3.8) is 0 Å². The maximum atomic E-state index is 13.4. The zero-order valence-corrected chi connectivity index (χ0v) is 19.3. The van der Waals surface area contributed by atoms with E-state index in [1.165, 1.54) is 35.2 Å². The normalized spacial score (nSPS) is 12.6. The second kappa shape index (κ2) is 7.81. The van der Waals surface area contributed by atoms with Crippen LogP contribution in [-0.4, -0.2) is 19.9 Å². The summed E-state index contributed by atoms with van der Waals surface area (Å²) in [6.45, 7) is 5.96. The van der Waals surface area contributed by atoms with Gasteiger partial charge in [-0.15, -0.1) is 22.7 Å². The van der Waals surface area contributed by atoms with E-state index in [1.54, 1.807) is 29.8 Å². The smallest absolute Gasteiger partial charge is 0.259 e. The van der Waals surface area contributed by atoms with Crippen LogP contribution in [0.5, 0.6) is 0 Å². The number of thioether (sulfide) groups is 1. The monoisotopic (exact) mass is 468 g/mol. The maximum absolute atomic E-state index is 13.4. The highest BCUT2D eigenvalue weighted by Crippen LogP contribution is 2.42. The lowest BCUT2D eigenvalue weighted by molar-refractivity contribution is 0.628. The largest absolute Gasteiger partial charge is 0.309 e. The number of hydrogen-bond donors (Lipinski definition) is 1. The minimum Gasteiger partial charge on any atom is -0.309 e. The van der Waals surface area contributed by atoms with Crippen molar-refractivity contribution in [2.45, 2.75) is 31.0 Å². The summed E-state index contributed by atoms with van der Waals surface area (Å²) in [5.74, 6) is 0.348. The number of rotatable bonds is 4. The van der Waals surface area contributed by atoms with Gasteiger partial charge in [-0.1, -0.05) is 23.9 Å². The molecule has 0 aliphatic carbocycles. The van der Waals surface area contributed by atoms with Gasteiger partial charge in [0.05, 0.1) is 16.0 Å². The van der Waals surface area contributed by atoms with E-state index < -0.39 is 0 Å². The first-order valence-corrected chi connectivity index (χ1v) is 12.1. The van der Waals surface area contributed by atoms with Crippen LogP contribution in [0, 0.1) is 19.7 Å². The lowest BCUT2D eigenvalue weighted by Crippen LogP contribution is -2.12. The van der Waals surface area contributed by atoms with E-state index >= 15 is 0 Å². The summed E-state index contributed by atoms with van der Waals surface area (Å²) in [6.07, 6.45) is 1.55. The predicted octanol–water partition coefficient (Wildman–Crippen LogP) is 6.27. The van der Waals surface area contributed by atoms with Crippen molar-refractivity contribution in [2.75, 3.05) is 0 Å². The SMILES string of the molecule is Cc1sc2nc([C@H](C)Sc3ncnc4scc(-c5ccc(F)cc5)c34)[nH]c(=O)c2c1C. The van der Waals surface area contributed by atoms with Gasteiger partial charge in [-0.25, -0.2) is 19.3 Å². The summed E-state index contributed by atoms with van der Waals surface area (Å²) >= 11 is 4.59. The first kappa shape index (κ1) is 20.3. The molecule has 1 aromatic carbocycles. The number of aryl methyl sites for hydroxylation is 2. The number of benzene rings is 1. The molecular weight excluding hydrogens is 451 g/mol. The molecule has 0 bridgehead atoms. The van der Waals surface area contributed by atoms with Gasteiger partial charge in [0.1, 0.15) is 32.7 Å². The van der Waals surface area contributed by atoms with Gasteiger partial charge in [-0.05, 0) is 44.0 Å². The van der Waals surface area contributed by atoms with E-state index in [2.05, 4.69) is 15.0 Å². The average Bonchev–Trinajstić information content (AvgIpc) is 3.30. The number of halogens is 1. The van der Waals surface area contributed by atoms with Crippen molar-refractivity contribution in [1.29, 1.82) is 0 Å². The third-order valence-electron chi connectivity index (χ3n) is 5.22. The number of nitrogens with one attached hydrogen (secondary N) is 1. The third-order valence-corrected chi connectivity index (χ3v) is 8.32. The van der Waals surface area contributed by atoms with Crippen molar-refractivity contribution in [3.8, 4) is 11.1 Å². The Balaban J connectivity index is 1.56. The third kappa shape index (κ3) is 3.56. The van der Waals surface area contributed by atoms with Crippen LogP contribution in [0.1, 0.15) is 28.4 Å². The first-order chi connectivity index (χ1) is 14.9. The second-order valence-electron chi connectivity index (χ2n) is 7.19. The van der Waals surface area contributed by atoms with E-state index in [0.29, 0.717) is 11.2 Å². The van der Waals surface area contributed by atoms with Gasteiger partial charge in [-0.3, -0.25) is 4.79 Å². The standard InChI is InChI=1S/C22H17FN4OS3/c1-10-11(2)30-22-16(10)19(28)26-18(27-22)12(3)31-21-17-15(8-29-20(17)24-9-25-21)13-4-6-14(23)7-5-13/h4-9,12H,1-3H3,(H,26,27,28)/t12-/m0/s1. The highest BCUT2D eigenvalue weighted by atomic mass is 32.2. The quantitative estimate of drug-likeness (QED) is 0.249. The number of H-pyrrole nitrogens is 1. The molecule has 31 heavy (non-hydrogen) atoms. The van der Waals surface area contributed by atoms with Crippen LogP contribution in [0.25, 0.3) is 31.6 Å². The number of nitrogens with zero attached hydrogens (tertiary/aromatic N) is 3. The van der Waals surface area contributed by atoms with Crippen molar-refractivity contribution in [2.24, 2.45) is 0 Å². The molecular formula is C22H17FN4OS3. The van der Waals surface area contributed by atoms with Gasteiger partial charge >= 0.3 is 0 Å². The Bertz CT molecular complexity index is 1490. The van der Waals surface area contributed by atoms with Crippen molar-refractivity contribution >= 4 is 54.9 Å². The molecule has 4 aromatic heterocycles. The summed E-state index contributed by atoms with van der Waals surface area (Å²) in [5, 5.41) is 4.30. The second-order valence-corrected chi connectivity index (χ2v) is 10.6. The Kier molecular flexibility index (Phi) is 5.11. The summed E-state index contributed by atoms with van der Waals surface area (Å²) in [6, 6.07) is 6.42. The van der Waals surface area contributed by atoms with E-state index in [0.717, 1.165) is 41.6 Å². The van der Waals surface area contributed by atoms with Crippen LogP contribution < -0.4 is 5.56 Å². The van der Waals surface area contributed by atoms with E-state index in [1.807, 2.05) is 26.2 Å². The molecule has 0 aliphatic rings. The van der Waals surface area contributed by atoms with Crippen molar-refractivity contribution in [3.05, 3.63) is 68.4 Å². The molecule has 156 valence electrons. The molecule has 0 saturated carbocycles. The number of aromatic amines is 1. The van der Waals surface area contributed by atoms with Crippen LogP contribution in [0.4, 0.5) is 4.39 Å². The van der Waals surface area contributed by atoms with Crippen LogP contribution >= 0.6 is 34.4 Å². The molecule has 9 heteroatoms. The summed E-state index contributed by atoms with van der Waals surface area (Å²) < 4.78 is 13.4. The summed E-state index contributed by atoms with van der Waals surface area (Å²) in [5.41, 5.74) is 2.76. The predicted molar refractivity (Wildman–Crippen MR) is 127 cm³/mol. The Labute approximate surface area is 189 Å². The molecule has 0 fully saturated rings. The molecule has 4 heterocycles. The Morgan fingerprint density at radius 2 is 1.87 bits per heavy atom. The van der Waals surface area contributed by atoms with Crippen LogP contribution in [0.3, 0.4) is 0 Å². The lowest BCUT2D eigenvalue weighted by atomic mass is 10.1. The van der Waals surface area contributed by atoms with Crippen LogP contribution in [0.2, 0.25) is 0 Å². The van der Waals surface area contributed by atoms with E-state index in [9.17, 15) is 9.18 Å². The Hall–Kier alpha value is -2.62. The molecule has 0 aliphatic heterocycles. The Morgan fingerprint density at radius 3 is 2.65 bits per heavy atom. The first-order valence-electron chi connectivity index (χ1n) is 9.57. The molecule has 0 radical (unpaired) electrons. The van der Waals surface area contributed by atoms with Gasteiger partial charge in [0.15, 0.2) is 0 Å². The zero-order chi connectivity index (χ0) is 21.7. The molecule has 1 atom stereocenters. The lowest BCUT2D eigenvalue weighted by Gasteiger charge is -2.11.